The highest BCUT2D eigenvalue weighted by Gasteiger charge is 2.34. The summed E-state index contributed by atoms with van der Waals surface area (Å²) in [5, 5.41) is 12.3. The van der Waals surface area contributed by atoms with Crippen molar-refractivity contribution in [3.8, 4) is 0 Å². The lowest BCUT2D eigenvalue weighted by atomic mass is 9.90. The number of rotatable bonds is 7. The second-order valence-corrected chi connectivity index (χ2v) is 5.29. The molecule has 2 unspecified atom stereocenters. The number of hydrogen-bond acceptors (Lipinski definition) is 3. The Morgan fingerprint density at radius 1 is 1.59 bits per heavy atom. The molecule has 0 radical (unpaired) electrons. The monoisotopic (exact) mass is 242 g/mol. The molecular weight excluding hydrogens is 216 g/mol. The Hall–Kier alpha value is -0.610. The van der Waals surface area contributed by atoms with Crippen LogP contribution >= 0.6 is 0 Å². The standard InChI is InChI=1S/C13H26N2O2/c1-4-13(14-3,12(16)17)7-5-8-15-9-6-11(2)10-15/h11,14H,4-10H2,1-3H3,(H,16,17). The fraction of sp³-hybridized carbons (Fsp3) is 0.923. The van der Waals surface area contributed by atoms with Crippen LogP contribution in [0.5, 0.6) is 0 Å². The first-order valence-electron chi connectivity index (χ1n) is 6.68. The lowest BCUT2D eigenvalue weighted by Crippen LogP contribution is -2.50. The van der Waals surface area contributed by atoms with E-state index in [1.807, 2.05) is 6.92 Å². The molecule has 0 aromatic carbocycles. The van der Waals surface area contributed by atoms with Crippen molar-refractivity contribution < 1.29 is 9.90 Å². The molecular formula is C13H26N2O2. The van der Waals surface area contributed by atoms with Gasteiger partial charge in [0, 0.05) is 6.54 Å². The molecule has 1 aliphatic heterocycles. The Labute approximate surface area is 104 Å². The summed E-state index contributed by atoms with van der Waals surface area (Å²) in [7, 11) is 1.75. The summed E-state index contributed by atoms with van der Waals surface area (Å²) in [5.74, 6) is 0.0759. The molecule has 4 nitrogen and oxygen atoms in total. The van der Waals surface area contributed by atoms with Crippen LogP contribution in [0.3, 0.4) is 0 Å². The third kappa shape index (κ3) is 3.68. The Bertz CT molecular complexity index is 252. The Kier molecular flexibility index (Phi) is 5.40. The van der Waals surface area contributed by atoms with E-state index < -0.39 is 11.5 Å². The van der Waals surface area contributed by atoms with E-state index in [9.17, 15) is 9.90 Å². The molecule has 1 fully saturated rings. The van der Waals surface area contributed by atoms with E-state index in [-0.39, 0.29) is 0 Å². The van der Waals surface area contributed by atoms with Crippen LogP contribution in [-0.4, -0.2) is 48.2 Å². The van der Waals surface area contributed by atoms with E-state index in [1.54, 1.807) is 7.05 Å². The van der Waals surface area contributed by atoms with Gasteiger partial charge in [-0.05, 0) is 51.7 Å². The van der Waals surface area contributed by atoms with Crippen LogP contribution in [0.25, 0.3) is 0 Å². The third-order valence-corrected chi connectivity index (χ3v) is 4.08. The van der Waals surface area contributed by atoms with Gasteiger partial charge in [0.2, 0.25) is 0 Å². The van der Waals surface area contributed by atoms with Gasteiger partial charge in [0.1, 0.15) is 5.54 Å². The molecule has 1 rings (SSSR count). The number of likely N-dealkylation sites (N-methyl/N-ethyl adjacent to an activating group) is 1. The fourth-order valence-corrected chi connectivity index (χ4v) is 2.68. The van der Waals surface area contributed by atoms with Gasteiger partial charge in [-0.3, -0.25) is 4.79 Å². The Morgan fingerprint density at radius 2 is 2.29 bits per heavy atom. The minimum atomic E-state index is -0.731. The minimum absolute atomic E-state index is 0.634. The number of hydrogen-bond donors (Lipinski definition) is 2. The number of carbonyl (C=O) groups is 1. The highest BCUT2D eigenvalue weighted by molar-refractivity contribution is 5.78. The normalized spacial score (nSPS) is 24.8. The lowest BCUT2D eigenvalue weighted by Gasteiger charge is -2.28. The molecule has 17 heavy (non-hydrogen) atoms. The summed E-state index contributed by atoms with van der Waals surface area (Å²) < 4.78 is 0. The topological polar surface area (TPSA) is 52.6 Å². The largest absolute Gasteiger partial charge is 0.480 e. The SMILES string of the molecule is CCC(CCCN1CCC(C)C1)(NC)C(=O)O. The number of aliphatic carboxylic acids is 1. The van der Waals surface area contributed by atoms with Crippen molar-refractivity contribution in [3.05, 3.63) is 0 Å². The van der Waals surface area contributed by atoms with Crippen molar-refractivity contribution in [2.45, 2.75) is 45.1 Å². The van der Waals surface area contributed by atoms with Gasteiger partial charge < -0.3 is 15.3 Å². The van der Waals surface area contributed by atoms with Crippen LogP contribution in [0.4, 0.5) is 0 Å². The van der Waals surface area contributed by atoms with Crippen LogP contribution in [0.15, 0.2) is 0 Å². The van der Waals surface area contributed by atoms with Crippen LogP contribution in [0, 0.1) is 5.92 Å². The maximum absolute atomic E-state index is 11.3. The predicted octanol–water partition coefficient (Wildman–Crippen LogP) is 1.56. The van der Waals surface area contributed by atoms with Gasteiger partial charge in [0.05, 0.1) is 0 Å². The molecule has 2 N–H and O–H groups in total. The second kappa shape index (κ2) is 6.36. The first kappa shape index (κ1) is 14.5. The zero-order valence-electron chi connectivity index (χ0n) is 11.3. The zero-order chi connectivity index (χ0) is 12.9. The van der Waals surface area contributed by atoms with E-state index in [4.69, 9.17) is 0 Å². The van der Waals surface area contributed by atoms with Crippen molar-refractivity contribution in [2.75, 3.05) is 26.7 Å². The molecule has 0 aliphatic carbocycles. The van der Waals surface area contributed by atoms with Crippen molar-refractivity contribution >= 4 is 5.97 Å². The summed E-state index contributed by atoms with van der Waals surface area (Å²) in [6.45, 7) is 7.59. The summed E-state index contributed by atoms with van der Waals surface area (Å²) >= 11 is 0. The van der Waals surface area contributed by atoms with Crippen LogP contribution in [0.1, 0.15) is 39.5 Å². The van der Waals surface area contributed by atoms with Gasteiger partial charge in [0.15, 0.2) is 0 Å². The van der Waals surface area contributed by atoms with Gasteiger partial charge in [-0.1, -0.05) is 13.8 Å². The van der Waals surface area contributed by atoms with E-state index in [1.165, 1.54) is 19.5 Å². The third-order valence-electron chi connectivity index (χ3n) is 4.08. The van der Waals surface area contributed by atoms with E-state index >= 15 is 0 Å². The molecule has 4 heteroatoms. The van der Waals surface area contributed by atoms with Gasteiger partial charge in [-0.2, -0.15) is 0 Å². The highest BCUT2D eigenvalue weighted by atomic mass is 16.4. The first-order chi connectivity index (χ1) is 8.04. The number of carboxylic acids is 1. The fourth-order valence-electron chi connectivity index (χ4n) is 2.68. The molecule has 0 amide bonds. The van der Waals surface area contributed by atoms with Gasteiger partial charge in [0.25, 0.3) is 0 Å². The summed E-state index contributed by atoms with van der Waals surface area (Å²) in [6.07, 6.45) is 3.58. The molecule has 100 valence electrons. The molecule has 0 aromatic heterocycles. The average molecular weight is 242 g/mol. The molecule has 2 atom stereocenters. The number of nitrogens with one attached hydrogen (secondary N) is 1. The lowest BCUT2D eigenvalue weighted by molar-refractivity contribution is -0.145. The molecule has 1 heterocycles. The maximum atomic E-state index is 11.3. The Morgan fingerprint density at radius 3 is 2.71 bits per heavy atom. The zero-order valence-corrected chi connectivity index (χ0v) is 11.3. The number of nitrogens with zero attached hydrogens (tertiary/aromatic N) is 1. The maximum Gasteiger partial charge on any atom is 0.323 e. The molecule has 1 saturated heterocycles. The van der Waals surface area contributed by atoms with Gasteiger partial charge in [-0.25, -0.2) is 0 Å². The number of likely N-dealkylation sites (tertiary alicyclic amines) is 1. The molecule has 1 aliphatic rings. The quantitative estimate of drug-likeness (QED) is 0.711. The van der Waals surface area contributed by atoms with Crippen molar-refractivity contribution in [3.63, 3.8) is 0 Å². The van der Waals surface area contributed by atoms with Crippen LogP contribution in [-0.2, 0) is 4.79 Å². The average Bonchev–Trinajstić information content (AvgIpc) is 2.70. The van der Waals surface area contributed by atoms with Gasteiger partial charge >= 0.3 is 5.97 Å². The van der Waals surface area contributed by atoms with E-state index in [0.717, 1.165) is 18.9 Å². The Balaban J connectivity index is 2.35. The van der Waals surface area contributed by atoms with Crippen molar-refractivity contribution in [1.29, 1.82) is 0 Å². The first-order valence-corrected chi connectivity index (χ1v) is 6.68. The van der Waals surface area contributed by atoms with Crippen LogP contribution in [0.2, 0.25) is 0 Å². The van der Waals surface area contributed by atoms with Crippen molar-refractivity contribution in [1.82, 2.24) is 10.2 Å². The summed E-state index contributed by atoms with van der Waals surface area (Å²) in [5.41, 5.74) is -0.731. The van der Waals surface area contributed by atoms with Crippen LogP contribution < -0.4 is 5.32 Å². The molecule has 0 bridgehead atoms. The smallest absolute Gasteiger partial charge is 0.323 e. The number of carboxylic acid groups (broad SMARTS) is 1. The highest BCUT2D eigenvalue weighted by Crippen LogP contribution is 2.20. The molecule has 0 spiro atoms. The minimum Gasteiger partial charge on any atom is -0.480 e. The summed E-state index contributed by atoms with van der Waals surface area (Å²) in [6, 6.07) is 0. The second-order valence-electron chi connectivity index (χ2n) is 5.29. The molecule has 0 aromatic rings. The summed E-state index contributed by atoms with van der Waals surface area (Å²) in [4.78, 5) is 13.7. The molecule has 0 saturated carbocycles. The van der Waals surface area contributed by atoms with Gasteiger partial charge in [-0.15, -0.1) is 0 Å². The van der Waals surface area contributed by atoms with E-state index in [0.29, 0.717) is 12.8 Å². The van der Waals surface area contributed by atoms with Crippen molar-refractivity contribution in [2.24, 2.45) is 5.92 Å². The predicted molar refractivity (Wildman–Crippen MR) is 69.2 cm³/mol. The van der Waals surface area contributed by atoms with E-state index in [2.05, 4.69) is 17.1 Å².